The summed E-state index contributed by atoms with van der Waals surface area (Å²) in [4.78, 5) is 15.6. The fourth-order valence-corrected chi connectivity index (χ4v) is 2.62. The maximum absolute atomic E-state index is 12.5. The lowest BCUT2D eigenvalue weighted by atomic mass is 10.1. The van der Waals surface area contributed by atoms with Crippen LogP contribution in [-0.4, -0.2) is 16.0 Å². The number of halogens is 3. The minimum absolute atomic E-state index is 0.203. The van der Waals surface area contributed by atoms with E-state index >= 15 is 0 Å². The van der Waals surface area contributed by atoms with Gasteiger partial charge in [0.25, 0.3) is 5.91 Å². The van der Waals surface area contributed by atoms with E-state index in [-0.39, 0.29) is 18.3 Å². The Balaban J connectivity index is 1.43. The summed E-state index contributed by atoms with van der Waals surface area (Å²) in [6.07, 6.45) is -4.71. The lowest BCUT2D eigenvalue weighted by Crippen LogP contribution is -2.22. The second-order valence-electron chi connectivity index (χ2n) is 5.93. The maximum atomic E-state index is 12.5. The Hall–Kier alpha value is -3.62. The number of alkyl halides is 3. The molecular formula is C19H12F3N3O3. The molecule has 0 aliphatic heterocycles. The topological polar surface area (TPSA) is 81.2 Å². The molecule has 1 N–H and O–H groups in total. The standard InChI is InChI=1S/C19H12F3N3O3/c20-19(21,22)18-24-16(25-28-18)11-5-7-12(8-6-11)17(26)23-10-14-9-13-3-1-2-4-15(13)27-14/h1-9H,10H2,(H,23,26). The summed E-state index contributed by atoms with van der Waals surface area (Å²) in [6, 6.07) is 15.2. The van der Waals surface area contributed by atoms with Gasteiger partial charge in [0.2, 0.25) is 5.82 Å². The molecule has 4 aromatic rings. The summed E-state index contributed by atoms with van der Waals surface area (Å²) in [7, 11) is 0. The van der Waals surface area contributed by atoms with Gasteiger partial charge in [-0.2, -0.15) is 18.2 Å². The highest BCUT2D eigenvalue weighted by Gasteiger charge is 2.38. The van der Waals surface area contributed by atoms with Gasteiger partial charge < -0.3 is 14.3 Å². The number of nitrogens with one attached hydrogen (secondary N) is 1. The number of hydrogen-bond donors (Lipinski definition) is 1. The number of nitrogens with zero attached hydrogens (tertiary/aromatic N) is 2. The summed E-state index contributed by atoms with van der Waals surface area (Å²) < 4.78 is 47.4. The van der Waals surface area contributed by atoms with Crippen molar-refractivity contribution in [3.63, 3.8) is 0 Å². The van der Waals surface area contributed by atoms with Gasteiger partial charge in [-0.3, -0.25) is 4.79 Å². The molecule has 1 amide bonds. The van der Waals surface area contributed by atoms with Crippen LogP contribution in [0.25, 0.3) is 22.4 Å². The molecular weight excluding hydrogens is 375 g/mol. The van der Waals surface area contributed by atoms with E-state index in [9.17, 15) is 18.0 Å². The fourth-order valence-electron chi connectivity index (χ4n) is 2.62. The average Bonchev–Trinajstić information content (AvgIpc) is 3.33. The van der Waals surface area contributed by atoms with Gasteiger partial charge >= 0.3 is 12.1 Å². The second kappa shape index (κ2) is 6.84. The van der Waals surface area contributed by atoms with Gasteiger partial charge in [0.15, 0.2) is 0 Å². The number of benzene rings is 2. The monoisotopic (exact) mass is 387 g/mol. The number of hydrogen-bond acceptors (Lipinski definition) is 5. The van der Waals surface area contributed by atoms with E-state index in [0.717, 1.165) is 11.0 Å². The number of aromatic nitrogens is 2. The maximum Gasteiger partial charge on any atom is 0.471 e. The van der Waals surface area contributed by atoms with Crippen molar-refractivity contribution < 1.29 is 26.9 Å². The predicted octanol–water partition coefficient (Wildman–Crippen LogP) is 4.43. The molecule has 0 saturated heterocycles. The summed E-state index contributed by atoms with van der Waals surface area (Å²) in [5.41, 5.74) is 1.36. The molecule has 142 valence electrons. The molecule has 2 heterocycles. The number of furan rings is 1. The highest BCUT2D eigenvalue weighted by atomic mass is 19.4. The van der Waals surface area contributed by atoms with Crippen LogP contribution in [0.2, 0.25) is 0 Å². The minimum atomic E-state index is -4.71. The Kier molecular flexibility index (Phi) is 4.34. The number of rotatable bonds is 4. The molecule has 0 atom stereocenters. The molecule has 0 aliphatic carbocycles. The van der Waals surface area contributed by atoms with Crippen molar-refractivity contribution in [1.29, 1.82) is 0 Å². The Morgan fingerprint density at radius 3 is 2.50 bits per heavy atom. The van der Waals surface area contributed by atoms with E-state index < -0.39 is 12.1 Å². The minimum Gasteiger partial charge on any atom is -0.459 e. The van der Waals surface area contributed by atoms with Crippen LogP contribution in [0.3, 0.4) is 0 Å². The van der Waals surface area contributed by atoms with Gasteiger partial charge in [-0.1, -0.05) is 35.5 Å². The first-order chi connectivity index (χ1) is 13.4. The van der Waals surface area contributed by atoms with E-state index in [4.69, 9.17) is 4.42 Å². The zero-order chi connectivity index (χ0) is 19.7. The third-order valence-electron chi connectivity index (χ3n) is 3.97. The number of carbonyl (C=O) groups excluding carboxylic acids is 1. The first-order valence-corrected chi connectivity index (χ1v) is 8.17. The van der Waals surface area contributed by atoms with E-state index in [1.54, 1.807) is 0 Å². The molecule has 0 bridgehead atoms. The molecule has 0 radical (unpaired) electrons. The smallest absolute Gasteiger partial charge is 0.459 e. The summed E-state index contributed by atoms with van der Waals surface area (Å²) in [5.74, 6) is -1.37. The van der Waals surface area contributed by atoms with Crippen molar-refractivity contribution in [3.8, 4) is 11.4 Å². The van der Waals surface area contributed by atoms with Crippen LogP contribution in [0.5, 0.6) is 0 Å². The van der Waals surface area contributed by atoms with Crippen LogP contribution in [-0.2, 0) is 12.7 Å². The Morgan fingerprint density at radius 2 is 1.82 bits per heavy atom. The third-order valence-corrected chi connectivity index (χ3v) is 3.97. The van der Waals surface area contributed by atoms with Crippen molar-refractivity contribution in [1.82, 2.24) is 15.5 Å². The fraction of sp³-hybridized carbons (Fsp3) is 0.105. The molecule has 0 saturated carbocycles. The van der Waals surface area contributed by atoms with Crippen LogP contribution in [0, 0.1) is 0 Å². The average molecular weight is 387 g/mol. The summed E-state index contributed by atoms with van der Waals surface area (Å²) in [5, 5.41) is 6.97. The van der Waals surface area contributed by atoms with Gasteiger partial charge in [0.05, 0.1) is 6.54 Å². The molecule has 4 rings (SSSR count). The molecule has 2 aromatic carbocycles. The molecule has 28 heavy (non-hydrogen) atoms. The molecule has 6 nitrogen and oxygen atoms in total. The Morgan fingerprint density at radius 1 is 1.07 bits per heavy atom. The van der Waals surface area contributed by atoms with Crippen molar-refractivity contribution in [3.05, 3.63) is 71.8 Å². The van der Waals surface area contributed by atoms with Crippen molar-refractivity contribution in [2.75, 3.05) is 0 Å². The first kappa shape index (κ1) is 17.8. The molecule has 0 fully saturated rings. The summed E-state index contributed by atoms with van der Waals surface area (Å²) in [6.45, 7) is 0.203. The molecule has 0 aliphatic rings. The van der Waals surface area contributed by atoms with E-state index in [2.05, 4.69) is 20.0 Å². The lowest BCUT2D eigenvalue weighted by Gasteiger charge is -2.04. The zero-order valence-corrected chi connectivity index (χ0v) is 14.2. The molecule has 0 unspecified atom stereocenters. The Labute approximate surface area is 156 Å². The van der Waals surface area contributed by atoms with Gasteiger partial charge in [0.1, 0.15) is 11.3 Å². The van der Waals surface area contributed by atoms with Gasteiger partial charge in [0, 0.05) is 16.5 Å². The molecule has 2 aromatic heterocycles. The van der Waals surface area contributed by atoms with Gasteiger partial charge in [-0.05, 0) is 24.3 Å². The third kappa shape index (κ3) is 3.59. The quantitative estimate of drug-likeness (QED) is 0.560. The summed E-state index contributed by atoms with van der Waals surface area (Å²) >= 11 is 0. The van der Waals surface area contributed by atoms with Crippen LogP contribution < -0.4 is 5.32 Å². The number of fused-ring (bicyclic) bond motifs is 1. The van der Waals surface area contributed by atoms with Gasteiger partial charge in [-0.25, -0.2) is 0 Å². The SMILES string of the molecule is O=C(NCc1cc2ccccc2o1)c1ccc(-c2noc(C(F)(F)F)n2)cc1. The van der Waals surface area contributed by atoms with Crippen molar-refractivity contribution in [2.45, 2.75) is 12.7 Å². The predicted molar refractivity (Wildman–Crippen MR) is 92.1 cm³/mol. The highest BCUT2D eigenvalue weighted by Crippen LogP contribution is 2.29. The van der Waals surface area contributed by atoms with Crippen LogP contribution in [0.1, 0.15) is 22.0 Å². The Bertz CT molecular complexity index is 1100. The normalized spacial score (nSPS) is 11.7. The molecule has 9 heteroatoms. The van der Waals surface area contributed by atoms with Crippen LogP contribution >= 0.6 is 0 Å². The number of amides is 1. The van der Waals surface area contributed by atoms with Crippen molar-refractivity contribution >= 4 is 16.9 Å². The van der Waals surface area contributed by atoms with Gasteiger partial charge in [-0.15, -0.1) is 0 Å². The van der Waals surface area contributed by atoms with Crippen LogP contribution in [0.15, 0.2) is 63.5 Å². The number of para-hydroxylation sites is 1. The first-order valence-electron chi connectivity index (χ1n) is 8.17. The zero-order valence-electron chi connectivity index (χ0n) is 14.2. The van der Waals surface area contributed by atoms with E-state index in [1.807, 2.05) is 30.3 Å². The number of carbonyl (C=O) groups is 1. The highest BCUT2D eigenvalue weighted by molar-refractivity contribution is 5.94. The lowest BCUT2D eigenvalue weighted by molar-refractivity contribution is -0.159. The van der Waals surface area contributed by atoms with Crippen LogP contribution in [0.4, 0.5) is 13.2 Å². The van der Waals surface area contributed by atoms with E-state index in [0.29, 0.717) is 16.9 Å². The second-order valence-corrected chi connectivity index (χ2v) is 5.93. The van der Waals surface area contributed by atoms with Crippen molar-refractivity contribution in [2.24, 2.45) is 0 Å². The largest absolute Gasteiger partial charge is 0.471 e. The molecule has 0 spiro atoms. The van der Waals surface area contributed by atoms with E-state index in [1.165, 1.54) is 24.3 Å².